The van der Waals surface area contributed by atoms with Crippen molar-refractivity contribution in [2.24, 2.45) is 0 Å². The van der Waals surface area contributed by atoms with Crippen LogP contribution in [0.3, 0.4) is 0 Å². The Bertz CT molecular complexity index is 425. The van der Waals surface area contributed by atoms with Crippen molar-refractivity contribution < 1.29 is 4.39 Å². The molecule has 1 unspecified atom stereocenters. The second-order valence-corrected chi connectivity index (χ2v) is 5.40. The zero-order valence-corrected chi connectivity index (χ0v) is 11.8. The quantitative estimate of drug-likeness (QED) is 0.755. The Balaban J connectivity index is 1.97. The van der Waals surface area contributed by atoms with E-state index in [9.17, 15) is 4.39 Å². The van der Waals surface area contributed by atoms with Crippen LogP contribution in [-0.4, -0.2) is 12.6 Å². The van der Waals surface area contributed by atoms with Crippen molar-refractivity contribution in [3.63, 3.8) is 0 Å². The van der Waals surface area contributed by atoms with Gasteiger partial charge in [-0.1, -0.05) is 30.7 Å². The minimum atomic E-state index is -0.135. The fourth-order valence-corrected chi connectivity index (χ4v) is 2.86. The summed E-state index contributed by atoms with van der Waals surface area (Å²) in [5, 5.41) is 3.53. The molecule has 2 rings (SSSR count). The predicted octanol–water partition coefficient (Wildman–Crippen LogP) is 4.24. The average Bonchev–Trinajstić information content (AvgIpc) is 2.40. The predicted molar refractivity (Wildman–Crippen MR) is 78.7 cm³/mol. The minimum Gasteiger partial charge on any atom is -0.314 e. The Morgan fingerprint density at radius 1 is 1.26 bits per heavy atom. The Morgan fingerprint density at radius 2 is 2.16 bits per heavy atom. The summed E-state index contributed by atoms with van der Waals surface area (Å²) < 4.78 is 13.2. The van der Waals surface area contributed by atoms with Gasteiger partial charge in [-0.15, -0.1) is 0 Å². The molecule has 0 radical (unpaired) electrons. The molecular formula is C17H24FN. The van der Waals surface area contributed by atoms with Gasteiger partial charge in [-0.25, -0.2) is 4.39 Å². The first-order valence-electron chi connectivity index (χ1n) is 7.43. The van der Waals surface area contributed by atoms with Crippen LogP contribution in [0.1, 0.15) is 44.6 Å². The van der Waals surface area contributed by atoms with Gasteiger partial charge in [0.1, 0.15) is 5.82 Å². The average molecular weight is 261 g/mol. The van der Waals surface area contributed by atoms with Crippen molar-refractivity contribution in [2.45, 2.75) is 51.5 Å². The van der Waals surface area contributed by atoms with Gasteiger partial charge in [0.25, 0.3) is 0 Å². The van der Waals surface area contributed by atoms with E-state index in [0.29, 0.717) is 6.04 Å². The summed E-state index contributed by atoms with van der Waals surface area (Å²) in [6, 6.07) is 7.40. The highest BCUT2D eigenvalue weighted by molar-refractivity contribution is 5.18. The second kappa shape index (κ2) is 7.44. The lowest BCUT2D eigenvalue weighted by Gasteiger charge is -2.21. The normalized spacial score (nSPS) is 17.1. The summed E-state index contributed by atoms with van der Waals surface area (Å²) in [5.74, 6) is -0.135. The number of benzene rings is 1. The van der Waals surface area contributed by atoms with E-state index in [1.807, 2.05) is 6.07 Å². The van der Waals surface area contributed by atoms with Gasteiger partial charge in [0.15, 0.2) is 0 Å². The molecule has 19 heavy (non-hydrogen) atoms. The van der Waals surface area contributed by atoms with Gasteiger partial charge in [0, 0.05) is 6.04 Å². The third-order valence-electron chi connectivity index (χ3n) is 3.76. The van der Waals surface area contributed by atoms with Crippen molar-refractivity contribution in [2.75, 3.05) is 6.54 Å². The van der Waals surface area contributed by atoms with Crippen molar-refractivity contribution >= 4 is 0 Å². The summed E-state index contributed by atoms with van der Waals surface area (Å²) in [6.45, 7) is 3.10. The van der Waals surface area contributed by atoms with Crippen molar-refractivity contribution in [1.82, 2.24) is 5.32 Å². The zero-order chi connectivity index (χ0) is 13.5. The molecule has 1 aromatic carbocycles. The van der Waals surface area contributed by atoms with Crippen LogP contribution in [-0.2, 0) is 6.42 Å². The molecule has 0 fully saturated rings. The first-order valence-corrected chi connectivity index (χ1v) is 7.43. The number of rotatable bonds is 6. The molecule has 2 heteroatoms. The standard InChI is InChI=1S/C17H24FN/c1-2-19-17(12-14-7-4-3-5-8-14)13-15-9-6-10-16(18)11-15/h6-7,9-11,17,19H,2-5,8,12-13H2,1H3. The van der Waals surface area contributed by atoms with E-state index in [2.05, 4.69) is 18.3 Å². The highest BCUT2D eigenvalue weighted by atomic mass is 19.1. The Labute approximate surface area is 115 Å². The molecule has 0 aromatic heterocycles. The van der Waals surface area contributed by atoms with E-state index in [4.69, 9.17) is 0 Å². The van der Waals surface area contributed by atoms with Crippen LogP contribution in [0, 0.1) is 5.82 Å². The van der Waals surface area contributed by atoms with Crippen LogP contribution in [0.15, 0.2) is 35.9 Å². The Hall–Kier alpha value is -1.15. The first kappa shape index (κ1) is 14.3. The van der Waals surface area contributed by atoms with Crippen LogP contribution in [0.25, 0.3) is 0 Å². The van der Waals surface area contributed by atoms with E-state index in [0.717, 1.165) is 24.9 Å². The Morgan fingerprint density at radius 3 is 2.84 bits per heavy atom. The zero-order valence-electron chi connectivity index (χ0n) is 11.8. The number of hydrogen-bond donors (Lipinski definition) is 1. The maximum Gasteiger partial charge on any atom is 0.123 e. The van der Waals surface area contributed by atoms with Crippen molar-refractivity contribution in [3.05, 3.63) is 47.3 Å². The number of allylic oxidation sites excluding steroid dienone is 1. The summed E-state index contributed by atoms with van der Waals surface area (Å²) in [6.07, 6.45) is 9.54. The van der Waals surface area contributed by atoms with E-state index in [-0.39, 0.29) is 5.82 Å². The molecule has 1 aromatic rings. The van der Waals surface area contributed by atoms with Crippen LogP contribution in [0.4, 0.5) is 4.39 Å². The molecule has 0 bridgehead atoms. The summed E-state index contributed by atoms with van der Waals surface area (Å²) in [7, 11) is 0. The van der Waals surface area contributed by atoms with Gasteiger partial charge in [-0.2, -0.15) is 0 Å². The van der Waals surface area contributed by atoms with Gasteiger partial charge in [-0.05, 0) is 62.8 Å². The molecule has 0 aliphatic heterocycles. The lowest BCUT2D eigenvalue weighted by Crippen LogP contribution is -2.31. The smallest absolute Gasteiger partial charge is 0.123 e. The van der Waals surface area contributed by atoms with Gasteiger partial charge in [0.2, 0.25) is 0 Å². The van der Waals surface area contributed by atoms with E-state index in [1.54, 1.807) is 17.7 Å². The van der Waals surface area contributed by atoms with Crippen LogP contribution >= 0.6 is 0 Å². The Kier molecular flexibility index (Phi) is 5.59. The van der Waals surface area contributed by atoms with Crippen molar-refractivity contribution in [1.29, 1.82) is 0 Å². The van der Waals surface area contributed by atoms with Gasteiger partial charge in [-0.3, -0.25) is 0 Å². The van der Waals surface area contributed by atoms with Crippen LogP contribution in [0.5, 0.6) is 0 Å². The molecule has 104 valence electrons. The molecule has 1 N–H and O–H groups in total. The van der Waals surface area contributed by atoms with Gasteiger partial charge < -0.3 is 5.32 Å². The molecule has 0 saturated carbocycles. The molecule has 0 saturated heterocycles. The molecule has 1 aliphatic rings. The van der Waals surface area contributed by atoms with E-state index < -0.39 is 0 Å². The number of hydrogen-bond acceptors (Lipinski definition) is 1. The molecule has 0 heterocycles. The lowest BCUT2D eigenvalue weighted by molar-refractivity contribution is 0.503. The highest BCUT2D eigenvalue weighted by Gasteiger charge is 2.13. The highest BCUT2D eigenvalue weighted by Crippen LogP contribution is 2.22. The minimum absolute atomic E-state index is 0.135. The fraction of sp³-hybridized carbons (Fsp3) is 0.529. The van der Waals surface area contributed by atoms with Crippen LogP contribution < -0.4 is 5.32 Å². The number of halogens is 1. The second-order valence-electron chi connectivity index (χ2n) is 5.40. The maximum atomic E-state index is 13.2. The maximum absolute atomic E-state index is 13.2. The van der Waals surface area contributed by atoms with Crippen molar-refractivity contribution in [3.8, 4) is 0 Å². The summed E-state index contributed by atoms with van der Waals surface area (Å²) >= 11 is 0. The van der Waals surface area contributed by atoms with Crippen LogP contribution in [0.2, 0.25) is 0 Å². The monoisotopic (exact) mass is 261 g/mol. The van der Waals surface area contributed by atoms with E-state index in [1.165, 1.54) is 31.7 Å². The molecule has 0 spiro atoms. The summed E-state index contributed by atoms with van der Waals surface area (Å²) in [4.78, 5) is 0. The molecule has 1 atom stereocenters. The molecule has 1 aliphatic carbocycles. The third kappa shape index (κ3) is 4.79. The molecule has 1 nitrogen and oxygen atoms in total. The summed E-state index contributed by atoms with van der Waals surface area (Å²) in [5.41, 5.74) is 2.66. The van der Waals surface area contributed by atoms with Gasteiger partial charge in [0.05, 0.1) is 0 Å². The SMILES string of the molecule is CCNC(CC1=CCCCC1)Cc1cccc(F)c1. The fourth-order valence-electron chi connectivity index (χ4n) is 2.86. The third-order valence-corrected chi connectivity index (χ3v) is 3.76. The van der Waals surface area contributed by atoms with E-state index >= 15 is 0 Å². The topological polar surface area (TPSA) is 12.0 Å². The number of likely N-dealkylation sites (N-methyl/N-ethyl adjacent to an activating group) is 1. The first-order chi connectivity index (χ1) is 9.28. The molecular weight excluding hydrogens is 237 g/mol. The molecule has 0 amide bonds. The number of nitrogens with one attached hydrogen (secondary N) is 1. The lowest BCUT2D eigenvalue weighted by atomic mass is 9.92. The largest absolute Gasteiger partial charge is 0.314 e. The van der Waals surface area contributed by atoms with Gasteiger partial charge >= 0.3 is 0 Å².